The first-order valence-corrected chi connectivity index (χ1v) is 7.06. The summed E-state index contributed by atoms with van der Waals surface area (Å²) in [5.74, 6) is 0. The van der Waals surface area contributed by atoms with Gasteiger partial charge in [-0.15, -0.1) is 0 Å². The van der Waals surface area contributed by atoms with Gasteiger partial charge >= 0.3 is 0 Å². The molecule has 2 heteroatoms. The normalized spacial score (nSPS) is 21.3. The number of hydrogen-bond donors (Lipinski definition) is 2. The van der Waals surface area contributed by atoms with Crippen LogP contribution in [0.1, 0.15) is 49.7 Å². The van der Waals surface area contributed by atoms with Crippen molar-refractivity contribution in [1.82, 2.24) is 0 Å². The minimum Gasteiger partial charge on any atom is -0.390 e. The van der Waals surface area contributed by atoms with E-state index in [9.17, 15) is 10.2 Å². The molecule has 0 aromatic heterocycles. The molecule has 0 amide bonds. The maximum Gasteiger partial charge on any atom is 0.0908 e. The summed E-state index contributed by atoms with van der Waals surface area (Å²) < 4.78 is 0. The predicted molar refractivity (Wildman–Crippen MR) is 73.5 cm³/mol. The van der Waals surface area contributed by atoms with Gasteiger partial charge in [0.15, 0.2) is 0 Å². The van der Waals surface area contributed by atoms with Crippen molar-refractivity contribution in [2.45, 2.75) is 63.6 Å². The van der Waals surface area contributed by atoms with Gasteiger partial charge < -0.3 is 10.2 Å². The van der Waals surface area contributed by atoms with Crippen molar-refractivity contribution in [3.8, 4) is 0 Å². The molecule has 0 heterocycles. The highest BCUT2D eigenvalue weighted by molar-refractivity contribution is 5.23. The molecule has 1 aliphatic carbocycles. The largest absolute Gasteiger partial charge is 0.390 e. The number of aryl methyl sites for hydroxylation is 1. The molecule has 1 aliphatic rings. The van der Waals surface area contributed by atoms with Crippen LogP contribution in [0.2, 0.25) is 0 Å². The van der Waals surface area contributed by atoms with Crippen LogP contribution in [0.15, 0.2) is 24.3 Å². The van der Waals surface area contributed by atoms with Crippen molar-refractivity contribution in [2.75, 3.05) is 0 Å². The van der Waals surface area contributed by atoms with Crippen LogP contribution in [-0.4, -0.2) is 21.9 Å². The topological polar surface area (TPSA) is 40.5 Å². The lowest BCUT2D eigenvalue weighted by Gasteiger charge is -2.32. The summed E-state index contributed by atoms with van der Waals surface area (Å²) in [5, 5.41) is 21.0. The van der Waals surface area contributed by atoms with E-state index in [0.717, 1.165) is 31.2 Å². The molecular weight excluding hydrogens is 224 g/mol. The van der Waals surface area contributed by atoms with Crippen LogP contribution in [-0.2, 0) is 6.42 Å². The molecule has 1 aromatic rings. The zero-order chi connectivity index (χ0) is 13.0. The standard InChI is InChI=1S/C16H24O2/c1-13-7-6-8-14(11-13)12-15(17)16(18)9-4-2-3-5-10-16/h6-8,11,15,17-18H,2-5,9-10,12H2,1H3. The Labute approximate surface area is 110 Å². The van der Waals surface area contributed by atoms with Crippen LogP contribution in [0.4, 0.5) is 0 Å². The first kappa shape index (κ1) is 13.6. The summed E-state index contributed by atoms with van der Waals surface area (Å²) in [6, 6.07) is 8.17. The third kappa shape index (κ3) is 3.33. The summed E-state index contributed by atoms with van der Waals surface area (Å²) in [5.41, 5.74) is 1.44. The van der Waals surface area contributed by atoms with Gasteiger partial charge in [0.05, 0.1) is 11.7 Å². The van der Waals surface area contributed by atoms with E-state index >= 15 is 0 Å². The Morgan fingerprint density at radius 2 is 1.83 bits per heavy atom. The number of hydrogen-bond acceptors (Lipinski definition) is 2. The molecule has 0 spiro atoms. The van der Waals surface area contributed by atoms with Gasteiger partial charge in [0.25, 0.3) is 0 Å². The fraction of sp³-hybridized carbons (Fsp3) is 0.625. The lowest BCUT2D eigenvalue weighted by molar-refractivity contribution is -0.0836. The molecule has 1 atom stereocenters. The molecule has 1 unspecified atom stereocenters. The summed E-state index contributed by atoms with van der Waals surface area (Å²) in [6.07, 6.45) is 5.80. The van der Waals surface area contributed by atoms with Crippen molar-refractivity contribution in [1.29, 1.82) is 0 Å². The van der Waals surface area contributed by atoms with Gasteiger partial charge in [-0.1, -0.05) is 55.5 Å². The van der Waals surface area contributed by atoms with E-state index in [1.54, 1.807) is 0 Å². The third-order valence-electron chi connectivity index (χ3n) is 4.10. The SMILES string of the molecule is Cc1cccc(CC(O)C2(O)CCCCCC2)c1. The highest BCUT2D eigenvalue weighted by atomic mass is 16.3. The number of aliphatic hydroxyl groups is 2. The first-order valence-electron chi connectivity index (χ1n) is 7.06. The van der Waals surface area contributed by atoms with E-state index < -0.39 is 11.7 Å². The molecule has 1 fully saturated rings. The lowest BCUT2D eigenvalue weighted by atomic mass is 9.85. The zero-order valence-electron chi connectivity index (χ0n) is 11.2. The maximum absolute atomic E-state index is 10.6. The van der Waals surface area contributed by atoms with Gasteiger partial charge in [0.1, 0.15) is 0 Å². The molecule has 2 N–H and O–H groups in total. The minimum atomic E-state index is -0.875. The molecule has 0 radical (unpaired) electrons. The Morgan fingerprint density at radius 1 is 1.17 bits per heavy atom. The van der Waals surface area contributed by atoms with Crippen LogP contribution in [0.3, 0.4) is 0 Å². The highest BCUT2D eigenvalue weighted by Gasteiger charge is 2.35. The maximum atomic E-state index is 10.6. The average molecular weight is 248 g/mol. The Balaban J connectivity index is 2.03. The Kier molecular flexibility index (Phi) is 4.41. The molecular formula is C16H24O2. The van der Waals surface area contributed by atoms with E-state index in [2.05, 4.69) is 19.1 Å². The minimum absolute atomic E-state index is 0.554. The molecule has 1 saturated carbocycles. The van der Waals surface area contributed by atoms with Crippen molar-refractivity contribution < 1.29 is 10.2 Å². The van der Waals surface area contributed by atoms with E-state index in [1.807, 2.05) is 12.1 Å². The molecule has 0 aliphatic heterocycles. The zero-order valence-corrected chi connectivity index (χ0v) is 11.2. The van der Waals surface area contributed by atoms with Gasteiger partial charge in [0, 0.05) is 6.42 Å². The van der Waals surface area contributed by atoms with E-state index in [0.29, 0.717) is 6.42 Å². The lowest BCUT2D eigenvalue weighted by Crippen LogP contribution is -2.43. The fourth-order valence-electron chi connectivity index (χ4n) is 2.93. The molecule has 0 saturated heterocycles. The van der Waals surface area contributed by atoms with Crippen LogP contribution in [0.25, 0.3) is 0 Å². The van der Waals surface area contributed by atoms with E-state index in [-0.39, 0.29) is 0 Å². The van der Waals surface area contributed by atoms with Crippen LogP contribution >= 0.6 is 0 Å². The van der Waals surface area contributed by atoms with Crippen LogP contribution in [0.5, 0.6) is 0 Å². The van der Waals surface area contributed by atoms with Crippen molar-refractivity contribution in [2.24, 2.45) is 0 Å². The van der Waals surface area contributed by atoms with Crippen molar-refractivity contribution in [3.05, 3.63) is 35.4 Å². The number of rotatable bonds is 3. The summed E-state index contributed by atoms with van der Waals surface area (Å²) in [6.45, 7) is 2.05. The van der Waals surface area contributed by atoms with Crippen LogP contribution < -0.4 is 0 Å². The molecule has 100 valence electrons. The summed E-state index contributed by atoms with van der Waals surface area (Å²) >= 11 is 0. The Morgan fingerprint density at radius 3 is 2.44 bits per heavy atom. The van der Waals surface area contributed by atoms with E-state index in [1.165, 1.54) is 18.4 Å². The second-order valence-electron chi connectivity index (χ2n) is 5.73. The van der Waals surface area contributed by atoms with Crippen LogP contribution in [0, 0.1) is 6.92 Å². The Bertz CT molecular complexity index is 378. The Hall–Kier alpha value is -0.860. The smallest absolute Gasteiger partial charge is 0.0908 e. The third-order valence-corrected chi connectivity index (χ3v) is 4.10. The highest BCUT2D eigenvalue weighted by Crippen LogP contribution is 2.31. The summed E-state index contributed by atoms with van der Waals surface area (Å²) in [4.78, 5) is 0. The summed E-state index contributed by atoms with van der Waals surface area (Å²) in [7, 11) is 0. The van der Waals surface area contributed by atoms with Gasteiger partial charge in [-0.3, -0.25) is 0 Å². The first-order chi connectivity index (χ1) is 8.60. The van der Waals surface area contributed by atoms with Gasteiger partial charge in [0.2, 0.25) is 0 Å². The van der Waals surface area contributed by atoms with Gasteiger partial charge in [-0.2, -0.15) is 0 Å². The quantitative estimate of drug-likeness (QED) is 0.807. The predicted octanol–water partition coefficient (Wildman–Crippen LogP) is 2.98. The second kappa shape index (κ2) is 5.85. The van der Waals surface area contributed by atoms with Gasteiger partial charge in [-0.25, -0.2) is 0 Å². The average Bonchev–Trinajstić information content (AvgIpc) is 2.55. The van der Waals surface area contributed by atoms with E-state index in [4.69, 9.17) is 0 Å². The molecule has 2 nitrogen and oxygen atoms in total. The number of benzene rings is 1. The van der Waals surface area contributed by atoms with Gasteiger partial charge in [-0.05, 0) is 25.3 Å². The van der Waals surface area contributed by atoms with Crippen molar-refractivity contribution >= 4 is 0 Å². The molecule has 0 bridgehead atoms. The second-order valence-corrected chi connectivity index (χ2v) is 5.73. The fourth-order valence-corrected chi connectivity index (χ4v) is 2.93. The van der Waals surface area contributed by atoms with Crippen molar-refractivity contribution in [3.63, 3.8) is 0 Å². The molecule has 1 aromatic carbocycles. The number of aliphatic hydroxyl groups excluding tert-OH is 1. The molecule has 18 heavy (non-hydrogen) atoms. The molecule has 2 rings (SSSR count). The monoisotopic (exact) mass is 248 g/mol.